The van der Waals surface area contributed by atoms with Crippen molar-refractivity contribution in [1.82, 2.24) is 0 Å². The van der Waals surface area contributed by atoms with Crippen LogP contribution >= 0.6 is 0 Å². The minimum Gasteiger partial charge on any atom is -0.507 e. The molecular weight excluding hydrogens is 348 g/mol. The maximum atomic E-state index is 13.0. The van der Waals surface area contributed by atoms with Gasteiger partial charge in [0.25, 0.3) is 0 Å². The first-order valence-electron chi connectivity index (χ1n) is 8.34. The molecule has 0 aliphatic heterocycles. The monoisotopic (exact) mass is 370 g/mol. The van der Waals surface area contributed by atoms with Gasteiger partial charge in [-0.1, -0.05) is 32.1 Å². The van der Waals surface area contributed by atoms with Gasteiger partial charge in [-0.15, -0.1) is 0 Å². The van der Waals surface area contributed by atoms with Crippen LogP contribution in [0.4, 0.5) is 0 Å². The number of benzene rings is 1. The van der Waals surface area contributed by atoms with Crippen LogP contribution < -0.4 is 0 Å². The molecule has 0 heterocycles. The molecule has 1 aromatic rings. The highest BCUT2D eigenvalue weighted by molar-refractivity contribution is 6.27. The fraction of sp³-hybridized carbons (Fsp3) is 0.286. The van der Waals surface area contributed by atoms with Crippen molar-refractivity contribution in [3.8, 4) is 11.5 Å². The van der Waals surface area contributed by atoms with E-state index in [1.54, 1.807) is 13.8 Å². The molecule has 6 nitrogen and oxygen atoms in total. The van der Waals surface area contributed by atoms with Crippen molar-refractivity contribution in [3.05, 3.63) is 59.2 Å². The largest absolute Gasteiger partial charge is 0.507 e. The van der Waals surface area contributed by atoms with E-state index in [0.29, 0.717) is 0 Å². The Morgan fingerprint density at radius 3 is 2.22 bits per heavy atom. The molecule has 0 amide bonds. The molecule has 0 saturated heterocycles. The van der Waals surface area contributed by atoms with E-state index in [2.05, 4.69) is 6.58 Å². The van der Waals surface area contributed by atoms with Gasteiger partial charge in [-0.2, -0.15) is 0 Å². The summed E-state index contributed by atoms with van der Waals surface area (Å²) in [4.78, 5) is 37.5. The Hall–Kier alpha value is -3.15. The number of phenolic OH excluding ortho intramolecular Hbond substituents is 2. The van der Waals surface area contributed by atoms with Crippen LogP contribution in [0.3, 0.4) is 0 Å². The van der Waals surface area contributed by atoms with Gasteiger partial charge in [0.1, 0.15) is 17.6 Å². The summed E-state index contributed by atoms with van der Waals surface area (Å²) in [5.74, 6) is -2.92. The number of aromatic hydroxyl groups is 2. The minimum atomic E-state index is -1.09. The predicted molar refractivity (Wildman–Crippen MR) is 99.8 cm³/mol. The molecule has 6 heteroatoms. The first-order valence-corrected chi connectivity index (χ1v) is 8.34. The number of Topliss-reactive ketones (excluding diaryl/α,β-unsaturated/α-hetero) is 1. The molecule has 27 heavy (non-hydrogen) atoms. The van der Waals surface area contributed by atoms with E-state index >= 15 is 0 Å². The van der Waals surface area contributed by atoms with Gasteiger partial charge in [0, 0.05) is 17.1 Å². The lowest BCUT2D eigenvalue weighted by Gasteiger charge is -2.34. The van der Waals surface area contributed by atoms with Gasteiger partial charge in [0.05, 0.1) is 11.1 Å². The summed E-state index contributed by atoms with van der Waals surface area (Å²) in [6.45, 7) is 10.6. The van der Waals surface area contributed by atoms with Gasteiger partial charge in [0.2, 0.25) is 0 Å². The average molecular weight is 370 g/mol. The second-order valence-electron chi connectivity index (χ2n) is 7.21. The molecule has 0 bridgehead atoms. The van der Waals surface area contributed by atoms with Crippen LogP contribution in [0.15, 0.2) is 48.1 Å². The number of hydrogen-bond donors (Lipinski definition) is 2. The van der Waals surface area contributed by atoms with Gasteiger partial charge >= 0.3 is 5.97 Å². The number of fused-ring (bicyclic) bond motifs is 1. The Kier molecular flexibility index (Phi) is 5.40. The van der Waals surface area contributed by atoms with E-state index in [1.807, 2.05) is 19.9 Å². The van der Waals surface area contributed by atoms with Crippen LogP contribution in [0.1, 0.15) is 48.4 Å². The number of hydrogen-bond acceptors (Lipinski definition) is 6. The van der Waals surface area contributed by atoms with Crippen molar-refractivity contribution in [2.45, 2.75) is 33.8 Å². The number of ketones is 2. The number of ether oxygens (including phenoxy) is 1. The molecule has 0 aromatic heterocycles. The van der Waals surface area contributed by atoms with Crippen molar-refractivity contribution < 1.29 is 29.3 Å². The standard InChI is InChI=1S/C21H22O6/c1-6-16(25)27-20(21(4,5)10-11(2)3)12-9-15(24)17-13(22)7-8-14(23)18(17)19(12)26/h6-10,20,22-23H,1H2,2-5H3/t20-/m1/s1. The zero-order chi connectivity index (χ0) is 20.5. The molecule has 0 spiro atoms. The molecule has 0 fully saturated rings. The molecule has 0 saturated carbocycles. The van der Waals surface area contributed by atoms with Crippen LogP contribution in [0.5, 0.6) is 11.5 Å². The molecule has 1 aliphatic carbocycles. The Morgan fingerprint density at radius 2 is 1.70 bits per heavy atom. The summed E-state index contributed by atoms with van der Waals surface area (Å²) < 4.78 is 5.42. The average Bonchev–Trinajstić information content (AvgIpc) is 2.56. The Bertz CT molecular complexity index is 897. The molecule has 0 unspecified atom stereocenters. The molecular formula is C21H22O6. The number of esters is 1. The molecule has 142 valence electrons. The number of carbonyl (C=O) groups is 3. The lowest BCUT2D eigenvalue weighted by Crippen LogP contribution is -2.38. The zero-order valence-electron chi connectivity index (χ0n) is 15.7. The Balaban J connectivity index is 2.66. The van der Waals surface area contributed by atoms with Crippen molar-refractivity contribution >= 4 is 17.5 Å². The SMILES string of the molecule is C=CC(=O)O[C@H](C1=CC(=O)c2c(O)ccc(O)c2C1=O)C(C)(C)C=C(C)C. The summed E-state index contributed by atoms with van der Waals surface area (Å²) >= 11 is 0. The summed E-state index contributed by atoms with van der Waals surface area (Å²) in [6, 6.07) is 2.27. The summed E-state index contributed by atoms with van der Waals surface area (Å²) in [5, 5.41) is 20.0. The maximum absolute atomic E-state index is 13.0. The van der Waals surface area contributed by atoms with Gasteiger partial charge < -0.3 is 14.9 Å². The van der Waals surface area contributed by atoms with E-state index in [0.717, 1.165) is 29.9 Å². The van der Waals surface area contributed by atoms with Crippen molar-refractivity contribution in [3.63, 3.8) is 0 Å². The second kappa shape index (κ2) is 7.23. The van der Waals surface area contributed by atoms with E-state index in [9.17, 15) is 24.6 Å². The third-order valence-electron chi connectivity index (χ3n) is 4.20. The summed E-state index contributed by atoms with van der Waals surface area (Å²) in [6.07, 6.45) is 2.75. The highest BCUT2D eigenvalue weighted by Crippen LogP contribution is 2.40. The smallest absolute Gasteiger partial charge is 0.330 e. The molecule has 2 N–H and O–H groups in total. The highest BCUT2D eigenvalue weighted by atomic mass is 16.5. The first-order chi connectivity index (χ1) is 12.5. The van der Waals surface area contributed by atoms with Crippen LogP contribution in [0, 0.1) is 5.41 Å². The fourth-order valence-electron chi connectivity index (χ4n) is 3.28. The summed E-state index contributed by atoms with van der Waals surface area (Å²) in [7, 11) is 0. The van der Waals surface area contributed by atoms with E-state index < -0.39 is 40.6 Å². The maximum Gasteiger partial charge on any atom is 0.330 e. The van der Waals surface area contributed by atoms with Crippen LogP contribution in [-0.2, 0) is 9.53 Å². The Labute approximate surface area is 157 Å². The molecule has 1 atom stereocenters. The second-order valence-corrected chi connectivity index (χ2v) is 7.21. The molecule has 0 radical (unpaired) electrons. The van der Waals surface area contributed by atoms with E-state index in [1.165, 1.54) is 0 Å². The van der Waals surface area contributed by atoms with Gasteiger partial charge in [-0.3, -0.25) is 9.59 Å². The van der Waals surface area contributed by atoms with Gasteiger partial charge in [-0.05, 0) is 32.1 Å². The lowest BCUT2D eigenvalue weighted by atomic mass is 9.75. The van der Waals surface area contributed by atoms with Crippen molar-refractivity contribution in [1.29, 1.82) is 0 Å². The number of carbonyl (C=O) groups excluding carboxylic acids is 3. The first kappa shape index (κ1) is 20.2. The lowest BCUT2D eigenvalue weighted by molar-refractivity contribution is -0.144. The normalized spacial score (nSPS) is 14.7. The van der Waals surface area contributed by atoms with Gasteiger partial charge in [-0.25, -0.2) is 4.79 Å². The van der Waals surface area contributed by atoms with Crippen LogP contribution in [-0.4, -0.2) is 33.9 Å². The summed E-state index contributed by atoms with van der Waals surface area (Å²) in [5.41, 5.74) is -0.548. The zero-order valence-corrected chi connectivity index (χ0v) is 15.7. The third-order valence-corrected chi connectivity index (χ3v) is 4.20. The topological polar surface area (TPSA) is 101 Å². The van der Waals surface area contributed by atoms with Crippen molar-refractivity contribution in [2.24, 2.45) is 5.41 Å². The number of allylic oxidation sites excluding steroid dienone is 2. The third kappa shape index (κ3) is 3.84. The molecule has 2 rings (SSSR count). The highest BCUT2D eigenvalue weighted by Gasteiger charge is 2.41. The van der Waals surface area contributed by atoms with E-state index in [4.69, 9.17) is 4.74 Å². The Morgan fingerprint density at radius 1 is 1.15 bits per heavy atom. The fourth-order valence-corrected chi connectivity index (χ4v) is 3.28. The van der Waals surface area contributed by atoms with Crippen molar-refractivity contribution in [2.75, 3.05) is 0 Å². The van der Waals surface area contributed by atoms with E-state index in [-0.39, 0.29) is 16.7 Å². The quantitative estimate of drug-likeness (QED) is 0.356. The molecule has 1 aromatic carbocycles. The number of rotatable bonds is 5. The van der Waals surface area contributed by atoms with Crippen LogP contribution in [0.25, 0.3) is 0 Å². The van der Waals surface area contributed by atoms with Gasteiger partial charge in [0.15, 0.2) is 11.6 Å². The molecule has 1 aliphatic rings. The van der Waals surface area contributed by atoms with Crippen LogP contribution in [0.2, 0.25) is 0 Å². The predicted octanol–water partition coefficient (Wildman–Crippen LogP) is 3.49. The number of phenols is 2. The minimum absolute atomic E-state index is 0.0777.